The molecule has 0 aliphatic heterocycles. The Kier molecular flexibility index (Phi) is 4.63. The number of amides is 1. The fourth-order valence-corrected chi connectivity index (χ4v) is 2.54. The van der Waals surface area contributed by atoms with Gasteiger partial charge < -0.3 is 11.1 Å². The lowest BCUT2D eigenvalue weighted by atomic mass is 10.2. The number of para-hydroxylation sites is 1. The zero-order chi connectivity index (χ0) is 14.5. The number of thioether (sulfide) groups is 1. The number of carbonyl (C=O) groups excluding carboxylic acids is 1. The van der Waals surface area contributed by atoms with Gasteiger partial charge in [0.25, 0.3) is 0 Å². The Bertz CT molecular complexity index is 631. The first kappa shape index (κ1) is 14.4. The summed E-state index contributed by atoms with van der Waals surface area (Å²) in [5.74, 6) is -0.480. The Labute approximate surface area is 121 Å². The average Bonchev–Trinajstić information content (AvgIpc) is 2.42. The van der Waals surface area contributed by atoms with Crippen LogP contribution in [0.4, 0.5) is 15.8 Å². The first-order chi connectivity index (χ1) is 9.56. The highest BCUT2D eigenvalue weighted by molar-refractivity contribution is 8.00. The van der Waals surface area contributed by atoms with Crippen LogP contribution in [-0.2, 0) is 4.79 Å². The molecule has 104 valence electrons. The topological polar surface area (TPSA) is 55.1 Å². The van der Waals surface area contributed by atoms with Crippen molar-refractivity contribution in [1.82, 2.24) is 0 Å². The molecule has 0 aliphatic carbocycles. The smallest absolute Gasteiger partial charge is 0.234 e. The Morgan fingerprint density at radius 2 is 2.05 bits per heavy atom. The minimum atomic E-state index is -0.439. The molecule has 0 radical (unpaired) electrons. The summed E-state index contributed by atoms with van der Waals surface area (Å²) >= 11 is 1.38. The Morgan fingerprint density at radius 3 is 2.80 bits per heavy atom. The van der Waals surface area contributed by atoms with Gasteiger partial charge in [0.05, 0.1) is 11.4 Å². The van der Waals surface area contributed by atoms with Crippen LogP contribution in [-0.4, -0.2) is 11.7 Å². The van der Waals surface area contributed by atoms with E-state index in [2.05, 4.69) is 5.32 Å². The van der Waals surface area contributed by atoms with E-state index in [9.17, 15) is 9.18 Å². The van der Waals surface area contributed by atoms with Gasteiger partial charge in [-0.3, -0.25) is 4.79 Å². The summed E-state index contributed by atoms with van der Waals surface area (Å²) in [5, 5.41) is 2.55. The summed E-state index contributed by atoms with van der Waals surface area (Å²) in [6.45, 7) is 1.95. The SMILES string of the molecule is Cc1ccc(N)cc1SCC(=O)Nc1ccccc1F. The van der Waals surface area contributed by atoms with Crippen LogP contribution >= 0.6 is 11.8 Å². The number of anilines is 2. The number of halogens is 1. The van der Waals surface area contributed by atoms with E-state index in [1.54, 1.807) is 12.1 Å². The van der Waals surface area contributed by atoms with Gasteiger partial charge >= 0.3 is 0 Å². The van der Waals surface area contributed by atoms with Crippen molar-refractivity contribution in [2.75, 3.05) is 16.8 Å². The number of aryl methyl sites for hydroxylation is 1. The van der Waals surface area contributed by atoms with Gasteiger partial charge in [-0.15, -0.1) is 11.8 Å². The molecule has 2 rings (SSSR count). The van der Waals surface area contributed by atoms with Crippen LogP contribution in [0.15, 0.2) is 47.4 Å². The van der Waals surface area contributed by atoms with Gasteiger partial charge in [-0.25, -0.2) is 4.39 Å². The van der Waals surface area contributed by atoms with Crippen molar-refractivity contribution in [3.63, 3.8) is 0 Å². The Balaban J connectivity index is 1.96. The quantitative estimate of drug-likeness (QED) is 0.670. The number of hydrogen-bond acceptors (Lipinski definition) is 3. The molecule has 0 spiro atoms. The Morgan fingerprint density at radius 1 is 1.30 bits per heavy atom. The second-order valence-corrected chi connectivity index (χ2v) is 5.36. The van der Waals surface area contributed by atoms with Crippen LogP contribution < -0.4 is 11.1 Å². The van der Waals surface area contributed by atoms with Gasteiger partial charge in [0.15, 0.2) is 0 Å². The lowest BCUT2D eigenvalue weighted by Crippen LogP contribution is -2.15. The van der Waals surface area contributed by atoms with Crippen molar-refractivity contribution >= 4 is 29.0 Å². The molecule has 2 aromatic rings. The van der Waals surface area contributed by atoms with Crippen LogP contribution in [0.3, 0.4) is 0 Å². The van der Waals surface area contributed by atoms with E-state index in [1.807, 2.05) is 25.1 Å². The molecular weight excluding hydrogens is 275 g/mol. The van der Waals surface area contributed by atoms with E-state index in [-0.39, 0.29) is 17.3 Å². The lowest BCUT2D eigenvalue weighted by Gasteiger charge is -2.08. The van der Waals surface area contributed by atoms with Gasteiger partial charge in [-0.2, -0.15) is 0 Å². The minimum Gasteiger partial charge on any atom is -0.399 e. The standard InChI is InChI=1S/C15H15FN2OS/c1-10-6-7-11(17)8-14(10)20-9-15(19)18-13-5-3-2-4-12(13)16/h2-8H,9,17H2,1H3,(H,18,19). The van der Waals surface area contributed by atoms with Crippen molar-refractivity contribution in [1.29, 1.82) is 0 Å². The first-order valence-corrected chi connectivity index (χ1v) is 7.08. The molecule has 0 atom stereocenters. The molecular formula is C15H15FN2OS. The van der Waals surface area contributed by atoms with Crippen molar-refractivity contribution < 1.29 is 9.18 Å². The molecule has 2 aromatic carbocycles. The molecule has 0 heterocycles. The van der Waals surface area contributed by atoms with E-state index in [1.165, 1.54) is 23.9 Å². The van der Waals surface area contributed by atoms with Gasteiger partial charge in [0, 0.05) is 10.6 Å². The van der Waals surface area contributed by atoms with Crippen LogP contribution in [0.5, 0.6) is 0 Å². The van der Waals surface area contributed by atoms with Crippen molar-refractivity contribution in [2.24, 2.45) is 0 Å². The maximum atomic E-state index is 13.4. The zero-order valence-corrected chi connectivity index (χ0v) is 11.8. The van der Waals surface area contributed by atoms with E-state index < -0.39 is 5.82 Å². The molecule has 0 aliphatic rings. The Hall–Kier alpha value is -2.01. The molecule has 0 fully saturated rings. The number of nitrogen functional groups attached to an aromatic ring is 1. The number of nitrogens with two attached hydrogens (primary N) is 1. The molecule has 3 N–H and O–H groups in total. The third-order valence-corrected chi connectivity index (χ3v) is 3.88. The molecule has 0 unspecified atom stereocenters. The molecule has 3 nitrogen and oxygen atoms in total. The fraction of sp³-hybridized carbons (Fsp3) is 0.133. The van der Waals surface area contributed by atoms with Crippen LogP contribution in [0.25, 0.3) is 0 Å². The predicted molar refractivity (Wildman–Crippen MR) is 81.3 cm³/mol. The van der Waals surface area contributed by atoms with Gasteiger partial charge in [0.2, 0.25) is 5.91 Å². The van der Waals surface area contributed by atoms with Gasteiger partial charge in [-0.05, 0) is 36.8 Å². The van der Waals surface area contributed by atoms with Gasteiger partial charge in [-0.1, -0.05) is 18.2 Å². The maximum Gasteiger partial charge on any atom is 0.234 e. The maximum absolute atomic E-state index is 13.4. The van der Waals surface area contributed by atoms with E-state index in [0.717, 1.165) is 10.5 Å². The third kappa shape index (κ3) is 3.74. The summed E-state index contributed by atoms with van der Waals surface area (Å²) < 4.78 is 13.4. The average molecular weight is 290 g/mol. The normalized spacial score (nSPS) is 10.3. The summed E-state index contributed by atoms with van der Waals surface area (Å²) in [5.41, 5.74) is 7.63. The molecule has 0 saturated carbocycles. The molecule has 1 amide bonds. The van der Waals surface area contributed by atoms with E-state index in [0.29, 0.717) is 5.69 Å². The number of nitrogens with one attached hydrogen (secondary N) is 1. The van der Waals surface area contributed by atoms with Crippen LogP contribution in [0.2, 0.25) is 0 Å². The van der Waals surface area contributed by atoms with Crippen LogP contribution in [0, 0.1) is 12.7 Å². The molecule has 0 bridgehead atoms. The predicted octanol–water partition coefficient (Wildman–Crippen LogP) is 3.45. The van der Waals surface area contributed by atoms with Crippen LogP contribution in [0.1, 0.15) is 5.56 Å². The van der Waals surface area contributed by atoms with Gasteiger partial charge in [0.1, 0.15) is 5.82 Å². The second-order valence-electron chi connectivity index (χ2n) is 4.34. The number of carbonyl (C=O) groups is 1. The number of benzene rings is 2. The summed E-state index contributed by atoms with van der Waals surface area (Å²) in [7, 11) is 0. The van der Waals surface area contributed by atoms with Crippen molar-refractivity contribution in [2.45, 2.75) is 11.8 Å². The second kappa shape index (κ2) is 6.43. The van der Waals surface area contributed by atoms with Crippen molar-refractivity contribution in [3.8, 4) is 0 Å². The largest absolute Gasteiger partial charge is 0.399 e. The van der Waals surface area contributed by atoms with Crippen molar-refractivity contribution in [3.05, 3.63) is 53.8 Å². The highest BCUT2D eigenvalue weighted by atomic mass is 32.2. The highest BCUT2D eigenvalue weighted by Crippen LogP contribution is 2.24. The third-order valence-electron chi connectivity index (χ3n) is 2.72. The zero-order valence-electron chi connectivity index (χ0n) is 11.0. The first-order valence-electron chi connectivity index (χ1n) is 6.09. The number of hydrogen-bond donors (Lipinski definition) is 2. The lowest BCUT2D eigenvalue weighted by molar-refractivity contribution is -0.113. The number of rotatable bonds is 4. The summed E-state index contributed by atoms with van der Waals surface area (Å²) in [6.07, 6.45) is 0. The minimum absolute atomic E-state index is 0.197. The fourth-order valence-electron chi connectivity index (χ4n) is 1.66. The molecule has 20 heavy (non-hydrogen) atoms. The molecule has 0 saturated heterocycles. The monoisotopic (exact) mass is 290 g/mol. The summed E-state index contributed by atoms with van der Waals surface area (Å²) in [4.78, 5) is 12.8. The summed E-state index contributed by atoms with van der Waals surface area (Å²) in [6, 6.07) is 11.7. The van der Waals surface area contributed by atoms with E-state index in [4.69, 9.17) is 5.73 Å². The van der Waals surface area contributed by atoms with E-state index >= 15 is 0 Å². The molecule has 0 aromatic heterocycles. The highest BCUT2D eigenvalue weighted by Gasteiger charge is 2.08. The molecule has 5 heteroatoms.